The maximum absolute atomic E-state index is 12.6. The summed E-state index contributed by atoms with van der Waals surface area (Å²) in [6.45, 7) is 4.23. The Morgan fingerprint density at radius 1 is 1.13 bits per heavy atom. The molecule has 0 radical (unpaired) electrons. The van der Waals surface area contributed by atoms with Crippen molar-refractivity contribution in [2.24, 2.45) is 17.8 Å². The lowest BCUT2D eigenvalue weighted by Gasteiger charge is -2.56. The summed E-state index contributed by atoms with van der Waals surface area (Å²) in [5.41, 5.74) is 2.68. The van der Waals surface area contributed by atoms with Crippen LogP contribution in [0.4, 0.5) is 0 Å². The number of hydrogen-bond donors (Lipinski definition) is 1. The van der Waals surface area contributed by atoms with Crippen molar-refractivity contribution in [1.29, 1.82) is 0 Å². The van der Waals surface area contributed by atoms with Gasteiger partial charge in [0, 0.05) is 10.4 Å². The minimum Gasteiger partial charge on any atom is -0.350 e. The molecule has 1 aromatic rings. The molecule has 1 aromatic carbocycles. The molecule has 0 unspecified atom stereocenters. The summed E-state index contributed by atoms with van der Waals surface area (Å²) in [5.74, 6) is 3.43. The summed E-state index contributed by atoms with van der Waals surface area (Å²) in [6, 6.07) is 6.47. The first-order chi connectivity index (χ1) is 11.0. The lowest BCUT2D eigenvalue weighted by atomic mass is 9.53. The lowest BCUT2D eigenvalue weighted by Crippen LogP contribution is -2.60. The Kier molecular flexibility index (Phi) is 3.95. The zero-order valence-electron chi connectivity index (χ0n) is 14.2. The van der Waals surface area contributed by atoms with Crippen LogP contribution in [0.1, 0.15) is 49.7 Å². The molecule has 4 bridgehead atoms. The number of benzene rings is 1. The highest BCUT2D eigenvalue weighted by atomic mass is 32.2. The Labute approximate surface area is 143 Å². The van der Waals surface area contributed by atoms with Gasteiger partial charge >= 0.3 is 0 Å². The lowest BCUT2D eigenvalue weighted by molar-refractivity contribution is -0.124. The van der Waals surface area contributed by atoms with Gasteiger partial charge in [0.25, 0.3) is 0 Å². The van der Waals surface area contributed by atoms with E-state index in [1.807, 2.05) is 0 Å². The molecule has 23 heavy (non-hydrogen) atoms. The summed E-state index contributed by atoms with van der Waals surface area (Å²) < 4.78 is 0. The SMILES string of the molecule is Cc1ccc(C)c(SCC(=O)NC23CC4CC(CC(C4)C2)C3)c1. The second-order valence-electron chi connectivity index (χ2n) is 8.30. The van der Waals surface area contributed by atoms with Crippen LogP contribution < -0.4 is 5.32 Å². The van der Waals surface area contributed by atoms with Gasteiger partial charge in [-0.2, -0.15) is 0 Å². The Morgan fingerprint density at radius 3 is 2.35 bits per heavy atom. The molecule has 3 heteroatoms. The van der Waals surface area contributed by atoms with Crippen LogP contribution in [-0.2, 0) is 4.79 Å². The van der Waals surface area contributed by atoms with E-state index in [1.54, 1.807) is 11.8 Å². The van der Waals surface area contributed by atoms with Crippen LogP contribution in [0.15, 0.2) is 23.1 Å². The maximum Gasteiger partial charge on any atom is 0.230 e. The molecule has 1 amide bonds. The summed E-state index contributed by atoms with van der Waals surface area (Å²) in [5, 5.41) is 3.47. The summed E-state index contributed by atoms with van der Waals surface area (Å²) in [6.07, 6.45) is 7.97. The van der Waals surface area contributed by atoms with Crippen LogP contribution in [0.25, 0.3) is 0 Å². The number of hydrogen-bond acceptors (Lipinski definition) is 2. The molecule has 4 fully saturated rings. The number of carbonyl (C=O) groups is 1. The van der Waals surface area contributed by atoms with E-state index in [1.165, 1.54) is 54.5 Å². The van der Waals surface area contributed by atoms with Crippen LogP contribution in [0.3, 0.4) is 0 Å². The van der Waals surface area contributed by atoms with Crippen molar-refractivity contribution in [2.45, 2.75) is 62.8 Å². The highest BCUT2D eigenvalue weighted by Crippen LogP contribution is 2.55. The third-order valence-electron chi connectivity index (χ3n) is 6.15. The predicted molar refractivity (Wildman–Crippen MR) is 95.7 cm³/mol. The monoisotopic (exact) mass is 329 g/mol. The molecular formula is C20H27NOS. The Hall–Kier alpha value is -0.960. The molecule has 1 N–H and O–H groups in total. The fourth-order valence-corrected chi connectivity index (χ4v) is 6.53. The zero-order chi connectivity index (χ0) is 16.0. The molecule has 124 valence electrons. The van der Waals surface area contributed by atoms with Gasteiger partial charge in [0.05, 0.1) is 5.75 Å². The fourth-order valence-electron chi connectivity index (χ4n) is 5.60. The number of nitrogens with one attached hydrogen (secondary N) is 1. The van der Waals surface area contributed by atoms with Crippen LogP contribution in [0, 0.1) is 31.6 Å². The molecule has 0 aromatic heterocycles. The minimum absolute atomic E-state index is 0.147. The molecule has 5 rings (SSSR count). The molecule has 4 saturated carbocycles. The number of amides is 1. The van der Waals surface area contributed by atoms with Gasteiger partial charge in [0.2, 0.25) is 5.91 Å². The van der Waals surface area contributed by atoms with E-state index in [-0.39, 0.29) is 11.4 Å². The van der Waals surface area contributed by atoms with Crippen molar-refractivity contribution in [2.75, 3.05) is 5.75 Å². The zero-order valence-corrected chi connectivity index (χ0v) is 15.0. The van der Waals surface area contributed by atoms with Gasteiger partial charge in [-0.05, 0) is 81.8 Å². The first kappa shape index (κ1) is 15.6. The second kappa shape index (κ2) is 5.84. The highest BCUT2D eigenvalue weighted by molar-refractivity contribution is 8.00. The smallest absolute Gasteiger partial charge is 0.230 e. The molecule has 0 atom stereocenters. The first-order valence-corrected chi connectivity index (χ1v) is 10.0. The molecule has 0 spiro atoms. The van der Waals surface area contributed by atoms with Gasteiger partial charge in [-0.15, -0.1) is 11.8 Å². The predicted octanol–water partition coefficient (Wildman–Crippen LogP) is 4.48. The van der Waals surface area contributed by atoms with Crippen molar-refractivity contribution < 1.29 is 4.79 Å². The van der Waals surface area contributed by atoms with Crippen LogP contribution in [0.2, 0.25) is 0 Å². The average molecular weight is 330 g/mol. The van der Waals surface area contributed by atoms with E-state index in [4.69, 9.17) is 0 Å². The molecule has 2 nitrogen and oxygen atoms in total. The number of rotatable bonds is 4. The van der Waals surface area contributed by atoms with E-state index in [9.17, 15) is 4.79 Å². The van der Waals surface area contributed by atoms with E-state index < -0.39 is 0 Å². The minimum atomic E-state index is 0.147. The largest absolute Gasteiger partial charge is 0.350 e. The average Bonchev–Trinajstić information content (AvgIpc) is 2.46. The van der Waals surface area contributed by atoms with Gasteiger partial charge in [-0.25, -0.2) is 0 Å². The number of carbonyl (C=O) groups excluding carboxylic acids is 1. The van der Waals surface area contributed by atoms with Crippen molar-refractivity contribution in [3.63, 3.8) is 0 Å². The van der Waals surface area contributed by atoms with Crippen molar-refractivity contribution in [1.82, 2.24) is 5.32 Å². The van der Waals surface area contributed by atoms with Gasteiger partial charge < -0.3 is 5.32 Å². The molecular weight excluding hydrogens is 302 g/mol. The summed E-state index contributed by atoms with van der Waals surface area (Å²) >= 11 is 1.69. The highest BCUT2D eigenvalue weighted by Gasteiger charge is 2.51. The normalized spacial score (nSPS) is 34.6. The summed E-state index contributed by atoms with van der Waals surface area (Å²) in [4.78, 5) is 13.8. The Balaban J connectivity index is 1.38. The summed E-state index contributed by atoms with van der Waals surface area (Å²) in [7, 11) is 0. The number of aryl methyl sites for hydroxylation is 2. The molecule has 4 aliphatic rings. The van der Waals surface area contributed by atoms with Gasteiger partial charge in [0.15, 0.2) is 0 Å². The maximum atomic E-state index is 12.6. The molecule has 0 heterocycles. The molecule has 4 aliphatic carbocycles. The Bertz CT molecular complexity index is 589. The fraction of sp³-hybridized carbons (Fsp3) is 0.650. The third-order valence-corrected chi connectivity index (χ3v) is 7.30. The molecule has 0 saturated heterocycles. The standard InChI is InChI=1S/C20H27NOS/c1-13-3-4-14(2)18(5-13)23-12-19(22)21-20-9-15-6-16(10-20)8-17(7-15)11-20/h3-5,15-17H,6-12H2,1-2H3,(H,21,22). The van der Waals surface area contributed by atoms with Crippen molar-refractivity contribution in [3.8, 4) is 0 Å². The van der Waals surface area contributed by atoms with Gasteiger partial charge in [0.1, 0.15) is 0 Å². The van der Waals surface area contributed by atoms with Crippen molar-refractivity contribution in [3.05, 3.63) is 29.3 Å². The van der Waals surface area contributed by atoms with Crippen LogP contribution >= 0.6 is 11.8 Å². The van der Waals surface area contributed by atoms with Crippen LogP contribution in [0.5, 0.6) is 0 Å². The van der Waals surface area contributed by atoms with Gasteiger partial charge in [-0.3, -0.25) is 4.79 Å². The first-order valence-electron chi connectivity index (χ1n) is 9.02. The van der Waals surface area contributed by atoms with E-state index in [2.05, 4.69) is 37.4 Å². The number of thioether (sulfide) groups is 1. The topological polar surface area (TPSA) is 29.1 Å². The third kappa shape index (κ3) is 3.17. The second-order valence-corrected chi connectivity index (χ2v) is 9.32. The Morgan fingerprint density at radius 2 is 1.74 bits per heavy atom. The van der Waals surface area contributed by atoms with E-state index >= 15 is 0 Å². The quantitative estimate of drug-likeness (QED) is 0.825. The van der Waals surface area contributed by atoms with Gasteiger partial charge in [-0.1, -0.05) is 17.7 Å². The van der Waals surface area contributed by atoms with Crippen LogP contribution in [-0.4, -0.2) is 17.2 Å². The van der Waals surface area contributed by atoms with E-state index in [0.717, 1.165) is 17.8 Å². The van der Waals surface area contributed by atoms with E-state index in [0.29, 0.717) is 5.75 Å². The molecule has 0 aliphatic heterocycles. The van der Waals surface area contributed by atoms with Crippen molar-refractivity contribution >= 4 is 17.7 Å².